The second-order valence-corrected chi connectivity index (χ2v) is 2.96. The van der Waals surface area contributed by atoms with Crippen LogP contribution in [0, 0.1) is 12.2 Å². The summed E-state index contributed by atoms with van der Waals surface area (Å²) in [6.07, 6.45) is 16.3. The van der Waals surface area contributed by atoms with E-state index in [-0.39, 0.29) is 51.0 Å². The van der Waals surface area contributed by atoms with Crippen molar-refractivity contribution in [1.82, 2.24) is 0 Å². The maximum Gasteiger partial charge on any atom is 4.00 e. The zero-order chi connectivity index (χ0) is 8.81. The maximum atomic E-state index is 3.12. The molecule has 0 aromatic heterocycles. The summed E-state index contributed by atoms with van der Waals surface area (Å²) in [5, 5.41) is 0. The molecule has 0 aliphatic heterocycles. The van der Waals surface area contributed by atoms with Crippen molar-refractivity contribution in [1.29, 1.82) is 0 Å². The molecular weight excluding hydrogens is 306 g/mol. The first kappa shape index (κ1) is 20.8. The average molecular weight is 320 g/mol. The molecule has 3 heteroatoms. The van der Waals surface area contributed by atoms with Gasteiger partial charge in [0.2, 0.25) is 0 Å². The third-order valence-electron chi connectivity index (χ3n) is 1.95. The molecule has 0 fully saturated rings. The molecule has 80 valence electrons. The van der Waals surface area contributed by atoms with Crippen LogP contribution >= 0.6 is 0 Å². The number of halogens is 2. The first-order valence-electron chi connectivity index (χ1n) is 4.27. The molecule has 0 saturated carbocycles. The van der Waals surface area contributed by atoms with Gasteiger partial charge < -0.3 is 24.8 Å². The average Bonchev–Trinajstić information content (AvgIpc) is 2.67. The molecule has 2 rings (SSSR count). The van der Waals surface area contributed by atoms with Crippen molar-refractivity contribution < 1.29 is 51.0 Å². The molecule has 0 atom stereocenters. The third-order valence-corrected chi connectivity index (χ3v) is 1.95. The van der Waals surface area contributed by atoms with E-state index in [0.717, 1.165) is 12.8 Å². The van der Waals surface area contributed by atoms with Crippen LogP contribution < -0.4 is 24.8 Å². The quantitative estimate of drug-likeness (QED) is 0.430. The van der Waals surface area contributed by atoms with E-state index in [0.29, 0.717) is 0 Å². The fourth-order valence-corrected chi connectivity index (χ4v) is 0.974. The number of hydrogen-bond donors (Lipinski definition) is 0. The van der Waals surface area contributed by atoms with E-state index in [1.165, 1.54) is 11.1 Å². The summed E-state index contributed by atoms with van der Waals surface area (Å²) in [7, 11) is 0. The summed E-state index contributed by atoms with van der Waals surface area (Å²) >= 11 is 0. The molecule has 0 saturated heterocycles. The number of rotatable bonds is 0. The van der Waals surface area contributed by atoms with E-state index in [4.69, 9.17) is 0 Å². The molecule has 0 spiro atoms. The third kappa shape index (κ3) is 9.36. The Morgan fingerprint density at radius 1 is 1.20 bits per heavy atom. The van der Waals surface area contributed by atoms with Gasteiger partial charge in [-0.3, -0.25) is 12.2 Å². The minimum Gasteiger partial charge on any atom is -1.00 e. The molecule has 2 aliphatic rings. The van der Waals surface area contributed by atoms with Crippen LogP contribution in [-0.2, 0) is 26.2 Å². The van der Waals surface area contributed by atoms with Gasteiger partial charge in [-0.2, -0.15) is 12.2 Å². The van der Waals surface area contributed by atoms with E-state index in [2.05, 4.69) is 38.2 Å². The minimum atomic E-state index is 0. The molecule has 0 aromatic carbocycles. The van der Waals surface area contributed by atoms with Gasteiger partial charge in [0, 0.05) is 0 Å². The van der Waals surface area contributed by atoms with Crippen molar-refractivity contribution in [2.24, 2.45) is 0 Å². The summed E-state index contributed by atoms with van der Waals surface area (Å²) in [5.41, 5.74) is 2.78. The fourth-order valence-electron chi connectivity index (χ4n) is 0.974. The van der Waals surface area contributed by atoms with Gasteiger partial charge in [-0.15, -0.1) is 13.3 Å². The predicted octanol–water partition coefficient (Wildman–Crippen LogP) is -2.60. The van der Waals surface area contributed by atoms with Crippen LogP contribution in [0.15, 0.2) is 35.5 Å². The van der Waals surface area contributed by atoms with Gasteiger partial charge in [0.15, 0.2) is 0 Å². The van der Waals surface area contributed by atoms with E-state index in [1.807, 2.05) is 12.2 Å². The van der Waals surface area contributed by atoms with Crippen molar-refractivity contribution in [3.05, 3.63) is 47.6 Å². The molecule has 0 N–H and O–H groups in total. The molecule has 0 nitrogen and oxygen atoms in total. The maximum absolute atomic E-state index is 3.12. The second kappa shape index (κ2) is 12.5. The van der Waals surface area contributed by atoms with Crippen molar-refractivity contribution in [2.45, 2.75) is 26.7 Å². The zero-order valence-corrected chi connectivity index (χ0v) is 12.9. The molecular formula is C12H14Cl2Zr. The van der Waals surface area contributed by atoms with Crippen molar-refractivity contribution >= 4 is 0 Å². The Balaban J connectivity index is -0.000000165. The molecule has 2 aliphatic carbocycles. The zero-order valence-electron chi connectivity index (χ0n) is 8.98. The van der Waals surface area contributed by atoms with Crippen LogP contribution in [-0.4, -0.2) is 0 Å². The SMILES string of the molecule is CC1=C(C)CC=[C-]1.[C-]1=CC=CC1.[Cl-].[Cl-].[Zr+4]. The van der Waals surface area contributed by atoms with Crippen LogP contribution in [0.2, 0.25) is 0 Å². The number of hydrogen-bond acceptors (Lipinski definition) is 0. The van der Waals surface area contributed by atoms with E-state index < -0.39 is 0 Å². The predicted molar refractivity (Wildman–Crippen MR) is 52.4 cm³/mol. The molecule has 0 radical (unpaired) electrons. The summed E-state index contributed by atoms with van der Waals surface area (Å²) in [6, 6.07) is 0. The first-order chi connectivity index (χ1) is 5.80. The van der Waals surface area contributed by atoms with Crippen LogP contribution in [0.25, 0.3) is 0 Å². The van der Waals surface area contributed by atoms with Crippen LogP contribution in [0.1, 0.15) is 26.7 Å². The van der Waals surface area contributed by atoms with Crippen molar-refractivity contribution in [2.75, 3.05) is 0 Å². The largest absolute Gasteiger partial charge is 4.00 e. The molecule has 0 bridgehead atoms. The van der Waals surface area contributed by atoms with Crippen molar-refractivity contribution in [3.63, 3.8) is 0 Å². The van der Waals surface area contributed by atoms with Crippen LogP contribution in [0.5, 0.6) is 0 Å². The van der Waals surface area contributed by atoms with Gasteiger partial charge in [0.05, 0.1) is 0 Å². The Morgan fingerprint density at radius 3 is 2.00 bits per heavy atom. The number of allylic oxidation sites excluding steroid dienone is 8. The Kier molecular flexibility index (Phi) is 17.3. The molecule has 0 unspecified atom stereocenters. The Morgan fingerprint density at radius 2 is 1.87 bits per heavy atom. The van der Waals surface area contributed by atoms with E-state index in [9.17, 15) is 0 Å². The summed E-state index contributed by atoms with van der Waals surface area (Å²) in [6.45, 7) is 4.24. The first-order valence-corrected chi connectivity index (χ1v) is 4.27. The van der Waals surface area contributed by atoms with Gasteiger partial charge in [0.25, 0.3) is 0 Å². The van der Waals surface area contributed by atoms with E-state index >= 15 is 0 Å². The molecule has 0 heterocycles. The molecule has 15 heavy (non-hydrogen) atoms. The summed E-state index contributed by atoms with van der Waals surface area (Å²) in [5.74, 6) is 0. The van der Waals surface area contributed by atoms with Gasteiger partial charge in [0.1, 0.15) is 0 Å². The summed E-state index contributed by atoms with van der Waals surface area (Å²) in [4.78, 5) is 0. The van der Waals surface area contributed by atoms with Crippen LogP contribution in [0.3, 0.4) is 0 Å². The van der Waals surface area contributed by atoms with Gasteiger partial charge >= 0.3 is 26.2 Å². The summed E-state index contributed by atoms with van der Waals surface area (Å²) < 4.78 is 0. The topological polar surface area (TPSA) is 0 Å². The van der Waals surface area contributed by atoms with Crippen molar-refractivity contribution in [3.8, 4) is 0 Å². The van der Waals surface area contributed by atoms with Crippen LogP contribution in [0.4, 0.5) is 0 Å². The van der Waals surface area contributed by atoms with Gasteiger partial charge in [-0.25, -0.2) is 23.3 Å². The van der Waals surface area contributed by atoms with E-state index in [1.54, 1.807) is 0 Å². The Bertz CT molecular complexity index is 253. The molecule has 0 aromatic rings. The Hall–Kier alpha value is 0.423. The standard InChI is InChI=1S/C7H9.C5H5.2ClH.Zr/c1-6-4-3-5-7(6)2;1-2-4-5-3-1;;;/h3H,4H2,1-2H3;1-3H,4H2;2*1H;/q2*-1;;;+4/p-2. The fraction of sp³-hybridized carbons (Fsp3) is 0.333. The van der Waals surface area contributed by atoms with Gasteiger partial charge in [-0.1, -0.05) is 13.3 Å². The smallest absolute Gasteiger partial charge is 1.00 e. The Labute approximate surface area is 125 Å². The second-order valence-electron chi connectivity index (χ2n) is 2.96. The van der Waals surface area contributed by atoms with Gasteiger partial charge in [-0.05, 0) is 0 Å². The minimum absolute atomic E-state index is 0. The normalized spacial score (nSPS) is 14.8. The monoisotopic (exact) mass is 318 g/mol. The molecule has 0 amide bonds.